The van der Waals surface area contributed by atoms with Crippen LogP contribution in [-0.2, 0) is 4.79 Å². The van der Waals surface area contributed by atoms with Crippen LogP contribution in [0.25, 0.3) is 0 Å². The maximum absolute atomic E-state index is 10.0. The summed E-state index contributed by atoms with van der Waals surface area (Å²) in [6.07, 6.45) is 11.2. The number of hydrogen-bond acceptors (Lipinski definition) is 1. The molecule has 0 N–H and O–H groups in total. The summed E-state index contributed by atoms with van der Waals surface area (Å²) in [5, 5.41) is 0. The van der Waals surface area contributed by atoms with Crippen molar-refractivity contribution in [3.05, 3.63) is 11.6 Å². The molecule has 0 atom stereocenters. The average molecular weight is 182 g/mol. The fraction of sp³-hybridized carbons (Fsp3) is 0.750. The zero-order chi connectivity index (χ0) is 9.94. The maximum Gasteiger partial charge on any atom is 0.119 e. The number of allylic oxidation sites excluding steroid dienone is 2. The van der Waals surface area contributed by atoms with Crippen molar-refractivity contribution in [3.8, 4) is 0 Å². The van der Waals surface area contributed by atoms with Gasteiger partial charge in [0.15, 0.2) is 0 Å². The lowest BCUT2D eigenvalue weighted by atomic mass is 10.1. The molecule has 0 aromatic heterocycles. The first kappa shape index (κ1) is 12.4. The van der Waals surface area contributed by atoms with E-state index in [-0.39, 0.29) is 0 Å². The molecule has 0 amide bonds. The molecule has 0 aliphatic heterocycles. The molecule has 1 nitrogen and oxygen atoms in total. The molecule has 0 fully saturated rings. The SMILES string of the molecule is CCCCC(C)=CCCCCC=O. The molecule has 13 heavy (non-hydrogen) atoms. The van der Waals surface area contributed by atoms with Gasteiger partial charge in [-0.1, -0.05) is 25.0 Å². The summed E-state index contributed by atoms with van der Waals surface area (Å²) in [5.74, 6) is 0. The number of rotatable bonds is 8. The Kier molecular flexibility index (Phi) is 9.07. The van der Waals surface area contributed by atoms with Gasteiger partial charge in [-0.3, -0.25) is 0 Å². The molecule has 0 rings (SSSR count). The molecule has 0 aliphatic rings. The highest BCUT2D eigenvalue weighted by molar-refractivity contribution is 5.48. The highest BCUT2D eigenvalue weighted by atomic mass is 16.1. The fourth-order valence-electron chi connectivity index (χ4n) is 1.28. The molecule has 0 saturated carbocycles. The maximum atomic E-state index is 10.0. The second-order valence-electron chi connectivity index (χ2n) is 3.61. The predicted octanol–water partition coefficient (Wildman–Crippen LogP) is 3.88. The van der Waals surface area contributed by atoms with E-state index in [4.69, 9.17) is 0 Å². The van der Waals surface area contributed by atoms with E-state index in [1.54, 1.807) is 0 Å². The van der Waals surface area contributed by atoms with Gasteiger partial charge in [0.1, 0.15) is 6.29 Å². The summed E-state index contributed by atoms with van der Waals surface area (Å²) < 4.78 is 0. The van der Waals surface area contributed by atoms with Crippen LogP contribution in [0.4, 0.5) is 0 Å². The molecule has 0 saturated heterocycles. The topological polar surface area (TPSA) is 17.1 Å². The Morgan fingerprint density at radius 2 is 1.85 bits per heavy atom. The van der Waals surface area contributed by atoms with Gasteiger partial charge in [0, 0.05) is 6.42 Å². The molecule has 1 heteroatoms. The highest BCUT2D eigenvalue weighted by Gasteiger charge is 1.89. The van der Waals surface area contributed by atoms with Crippen molar-refractivity contribution < 1.29 is 4.79 Å². The van der Waals surface area contributed by atoms with Crippen LogP contribution in [0, 0.1) is 0 Å². The number of carbonyl (C=O) groups excluding carboxylic acids is 1. The third-order valence-corrected chi connectivity index (χ3v) is 2.19. The Hall–Kier alpha value is -0.590. The molecule has 0 aromatic rings. The van der Waals surface area contributed by atoms with Crippen LogP contribution in [0.3, 0.4) is 0 Å². The van der Waals surface area contributed by atoms with Crippen molar-refractivity contribution in [1.82, 2.24) is 0 Å². The minimum atomic E-state index is 0.724. The third kappa shape index (κ3) is 9.32. The van der Waals surface area contributed by atoms with Gasteiger partial charge in [-0.15, -0.1) is 0 Å². The second-order valence-corrected chi connectivity index (χ2v) is 3.61. The molecule has 76 valence electrons. The summed E-state index contributed by atoms with van der Waals surface area (Å²) in [7, 11) is 0. The van der Waals surface area contributed by atoms with Crippen LogP contribution in [0.15, 0.2) is 11.6 Å². The van der Waals surface area contributed by atoms with Gasteiger partial charge in [-0.2, -0.15) is 0 Å². The van der Waals surface area contributed by atoms with E-state index in [0.717, 1.165) is 32.0 Å². The van der Waals surface area contributed by atoms with E-state index >= 15 is 0 Å². The summed E-state index contributed by atoms with van der Waals surface area (Å²) in [4.78, 5) is 10.0. The fourth-order valence-corrected chi connectivity index (χ4v) is 1.28. The molecule has 0 radical (unpaired) electrons. The Bertz CT molecular complexity index is 147. The van der Waals surface area contributed by atoms with Crippen molar-refractivity contribution in [2.24, 2.45) is 0 Å². The summed E-state index contributed by atoms with van der Waals surface area (Å²) in [5.41, 5.74) is 1.51. The summed E-state index contributed by atoms with van der Waals surface area (Å²) in [6.45, 7) is 4.42. The molecule has 0 heterocycles. The smallest absolute Gasteiger partial charge is 0.119 e. The monoisotopic (exact) mass is 182 g/mol. The minimum absolute atomic E-state index is 0.724. The average Bonchev–Trinajstić information content (AvgIpc) is 2.14. The van der Waals surface area contributed by atoms with E-state index < -0.39 is 0 Å². The Morgan fingerprint density at radius 1 is 1.15 bits per heavy atom. The van der Waals surface area contributed by atoms with Crippen LogP contribution < -0.4 is 0 Å². The van der Waals surface area contributed by atoms with Gasteiger partial charge < -0.3 is 4.79 Å². The van der Waals surface area contributed by atoms with E-state index in [9.17, 15) is 4.79 Å². The molecular formula is C12H22O. The van der Waals surface area contributed by atoms with Crippen LogP contribution in [-0.4, -0.2) is 6.29 Å². The molecule has 0 spiro atoms. The van der Waals surface area contributed by atoms with Gasteiger partial charge in [0.25, 0.3) is 0 Å². The molecule has 0 aliphatic carbocycles. The number of aldehydes is 1. The number of carbonyl (C=O) groups is 1. The summed E-state index contributed by atoms with van der Waals surface area (Å²) in [6, 6.07) is 0. The van der Waals surface area contributed by atoms with Crippen molar-refractivity contribution in [1.29, 1.82) is 0 Å². The lowest BCUT2D eigenvalue weighted by Gasteiger charge is -1.99. The van der Waals surface area contributed by atoms with E-state index in [0.29, 0.717) is 0 Å². The van der Waals surface area contributed by atoms with Crippen molar-refractivity contribution >= 4 is 6.29 Å². The quantitative estimate of drug-likeness (QED) is 0.316. The first-order chi connectivity index (χ1) is 6.31. The molecular weight excluding hydrogens is 160 g/mol. The zero-order valence-electron chi connectivity index (χ0n) is 9.01. The minimum Gasteiger partial charge on any atom is -0.303 e. The first-order valence-corrected chi connectivity index (χ1v) is 5.40. The molecule has 0 unspecified atom stereocenters. The zero-order valence-corrected chi connectivity index (χ0v) is 9.01. The highest BCUT2D eigenvalue weighted by Crippen LogP contribution is 2.09. The van der Waals surface area contributed by atoms with E-state index in [1.165, 1.54) is 24.8 Å². The standard InChI is InChI=1S/C12H22O/c1-3-4-9-12(2)10-7-5-6-8-11-13/h10-11H,3-9H2,1-2H3. The van der Waals surface area contributed by atoms with Gasteiger partial charge in [-0.05, 0) is 39.0 Å². The number of hydrogen-bond donors (Lipinski definition) is 0. The summed E-state index contributed by atoms with van der Waals surface area (Å²) >= 11 is 0. The Labute approximate surface area is 82.2 Å². The Balaban J connectivity index is 3.30. The normalized spacial score (nSPS) is 11.7. The molecule has 0 bridgehead atoms. The first-order valence-electron chi connectivity index (χ1n) is 5.40. The van der Waals surface area contributed by atoms with Crippen LogP contribution >= 0.6 is 0 Å². The van der Waals surface area contributed by atoms with Crippen LogP contribution in [0.2, 0.25) is 0 Å². The number of unbranched alkanes of at least 4 members (excludes halogenated alkanes) is 4. The largest absolute Gasteiger partial charge is 0.303 e. The third-order valence-electron chi connectivity index (χ3n) is 2.19. The lowest BCUT2D eigenvalue weighted by molar-refractivity contribution is -0.107. The van der Waals surface area contributed by atoms with Crippen LogP contribution in [0.5, 0.6) is 0 Å². The van der Waals surface area contributed by atoms with Gasteiger partial charge >= 0.3 is 0 Å². The van der Waals surface area contributed by atoms with Crippen LogP contribution in [0.1, 0.15) is 58.8 Å². The van der Waals surface area contributed by atoms with Gasteiger partial charge in [0.05, 0.1) is 0 Å². The second kappa shape index (κ2) is 9.50. The van der Waals surface area contributed by atoms with Crippen molar-refractivity contribution in [2.45, 2.75) is 58.8 Å². The van der Waals surface area contributed by atoms with E-state index in [1.807, 2.05) is 0 Å². The van der Waals surface area contributed by atoms with Gasteiger partial charge in [-0.25, -0.2) is 0 Å². The van der Waals surface area contributed by atoms with Crippen molar-refractivity contribution in [3.63, 3.8) is 0 Å². The van der Waals surface area contributed by atoms with E-state index in [2.05, 4.69) is 19.9 Å². The lowest BCUT2D eigenvalue weighted by Crippen LogP contribution is -1.80. The van der Waals surface area contributed by atoms with Gasteiger partial charge in [0.2, 0.25) is 0 Å². The van der Waals surface area contributed by atoms with Crippen molar-refractivity contribution in [2.75, 3.05) is 0 Å². The molecule has 0 aromatic carbocycles. The predicted molar refractivity (Wildman–Crippen MR) is 57.8 cm³/mol. The Morgan fingerprint density at radius 3 is 2.46 bits per heavy atom.